The van der Waals surface area contributed by atoms with Crippen molar-refractivity contribution < 1.29 is 9.53 Å². The Hall–Kier alpha value is -2.50. The molecule has 0 saturated carbocycles. The normalized spacial score (nSPS) is 15.5. The zero-order valence-corrected chi connectivity index (χ0v) is 16.0. The molecule has 6 nitrogen and oxygen atoms in total. The largest absolute Gasteiger partial charge is 0.494 e. The van der Waals surface area contributed by atoms with E-state index in [1.54, 1.807) is 0 Å². The lowest BCUT2D eigenvalue weighted by Crippen LogP contribution is -2.54. The molecule has 1 N–H and O–H groups in total. The number of ether oxygens (including phenoxy) is 1. The van der Waals surface area contributed by atoms with Gasteiger partial charge in [-0.05, 0) is 51.0 Å². The molecule has 26 heavy (non-hydrogen) atoms. The van der Waals surface area contributed by atoms with Gasteiger partial charge in [-0.25, -0.2) is 4.79 Å². The lowest BCUT2D eigenvalue weighted by atomic mass is 10.1. The monoisotopic (exact) mass is 356 g/mol. The summed E-state index contributed by atoms with van der Waals surface area (Å²) in [5, 5.41) is 7.58. The van der Waals surface area contributed by atoms with Crippen LogP contribution in [0, 0.1) is 13.8 Å². The summed E-state index contributed by atoms with van der Waals surface area (Å²) in [6.07, 6.45) is 0.989. The minimum Gasteiger partial charge on any atom is -0.494 e. The number of urea groups is 1. The van der Waals surface area contributed by atoms with E-state index in [2.05, 4.69) is 30.3 Å². The molecular weight excluding hydrogens is 328 g/mol. The molecule has 1 aliphatic heterocycles. The van der Waals surface area contributed by atoms with Crippen LogP contribution in [0.15, 0.2) is 30.3 Å². The fourth-order valence-electron chi connectivity index (χ4n) is 3.22. The van der Waals surface area contributed by atoms with E-state index in [0.717, 1.165) is 35.7 Å². The van der Waals surface area contributed by atoms with Crippen molar-refractivity contribution in [1.82, 2.24) is 20.0 Å². The van der Waals surface area contributed by atoms with Gasteiger partial charge in [0.25, 0.3) is 0 Å². The fraction of sp³-hybridized carbons (Fsp3) is 0.500. The van der Waals surface area contributed by atoms with Gasteiger partial charge in [-0.15, -0.1) is 0 Å². The molecule has 1 atom stereocenters. The molecule has 0 unspecified atom stereocenters. The Morgan fingerprint density at radius 2 is 2.00 bits per heavy atom. The van der Waals surface area contributed by atoms with Gasteiger partial charge in [-0.1, -0.05) is 19.1 Å². The number of aromatic nitrogens is 2. The zero-order valence-electron chi connectivity index (χ0n) is 16.0. The first-order chi connectivity index (χ1) is 12.5. The number of amides is 2. The number of hydrogen-bond acceptors (Lipinski definition) is 3. The molecule has 1 aliphatic rings. The van der Waals surface area contributed by atoms with Crippen LogP contribution >= 0.6 is 0 Å². The number of hydrogen-bond donors (Lipinski definition) is 1. The first-order valence-electron chi connectivity index (χ1n) is 9.29. The highest BCUT2D eigenvalue weighted by atomic mass is 16.5. The second-order valence-corrected chi connectivity index (χ2v) is 7.02. The van der Waals surface area contributed by atoms with Crippen LogP contribution in [0.3, 0.4) is 0 Å². The van der Waals surface area contributed by atoms with Gasteiger partial charge in [-0.3, -0.25) is 4.68 Å². The topological polar surface area (TPSA) is 59.4 Å². The average molecular weight is 356 g/mol. The van der Waals surface area contributed by atoms with Crippen molar-refractivity contribution in [3.63, 3.8) is 0 Å². The maximum absolute atomic E-state index is 12.4. The predicted molar refractivity (Wildman–Crippen MR) is 101 cm³/mol. The van der Waals surface area contributed by atoms with Gasteiger partial charge in [0.15, 0.2) is 0 Å². The Labute approximate surface area is 155 Å². The lowest BCUT2D eigenvalue weighted by Gasteiger charge is -2.40. The Morgan fingerprint density at radius 1 is 1.31 bits per heavy atom. The van der Waals surface area contributed by atoms with Gasteiger partial charge in [-0.2, -0.15) is 5.10 Å². The minimum absolute atomic E-state index is 0.0263. The molecule has 0 radical (unpaired) electrons. The molecular formula is C20H28N4O2. The predicted octanol–water partition coefficient (Wildman–Crippen LogP) is 3.62. The van der Waals surface area contributed by atoms with Gasteiger partial charge >= 0.3 is 6.03 Å². The SMILES string of the molecule is CCCOc1ccc([C@@H](C)NC(=O)N2CC(n3nc(C)cc3C)C2)cc1. The summed E-state index contributed by atoms with van der Waals surface area (Å²) in [5.74, 6) is 0.865. The number of likely N-dealkylation sites (tertiary alicyclic amines) is 1. The third-order valence-electron chi connectivity index (χ3n) is 4.73. The first kappa shape index (κ1) is 18.3. The molecule has 3 rings (SSSR count). The summed E-state index contributed by atoms with van der Waals surface area (Å²) in [4.78, 5) is 14.3. The number of rotatable bonds is 6. The van der Waals surface area contributed by atoms with Crippen molar-refractivity contribution in [3.05, 3.63) is 47.3 Å². The van der Waals surface area contributed by atoms with Crippen LogP contribution in [0.25, 0.3) is 0 Å². The number of carbonyl (C=O) groups excluding carboxylic acids is 1. The Kier molecular flexibility index (Phi) is 5.49. The van der Waals surface area contributed by atoms with Gasteiger partial charge in [0.2, 0.25) is 0 Å². The Morgan fingerprint density at radius 3 is 2.58 bits per heavy atom. The van der Waals surface area contributed by atoms with Crippen LogP contribution in [0.5, 0.6) is 5.75 Å². The molecule has 0 aliphatic carbocycles. The van der Waals surface area contributed by atoms with E-state index in [1.165, 1.54) is 0 Å². The number of nitrogens with zero attached hydrogens (tertiary/aromatic N) is 3. The summed E-state index contributed by atoms with van der Waals surface area (Å²) in [5.41, 5.74) is 3.23. The van der Waals surface area contributed by atoms with Crippen molar-refractivity contribution in [2.45, 2.75) is 46.2 Å². The molecule has 0 bridgehead atoms. The molecule has 2 amide bonds. The van der Waals surface area contributed by atoms with E-state index in [1.807, 2.05) is 47.7 Å². The average Bonchev–Trinajstić information content (AvgIpc) is 2.90. The molecule has 1 fully saturated rings. The summed E-state index contributed by atoms with van der Waals surface area (Å²) in [6.45, 7) is 10.2. The summed E-state index contributed by atoms with van der Waals surface area (Å²) in [7, 11) is 0. The maximum Gasteiger partial charge on any atom is 0.318 e. The van der Waals surface area contributed by atoms with Crippen LogP contribution in [0.4, 0.5) is 4.79 Å². The fourth-order valence-corrected chi connectivity index (χ4v) is 3.22. The van der Waals surface area contributed by atoms with Crippen LogP contribution in [0.1, 0.15) is 49.3 Å². The lowest BCUT2D eigenvalue weighted by molar-refractivity contribution is 0.115. The van der Waals surface area contributed by atoms with E-state index in [0.29, 0.717) is 13.1 Å². The number of carbonyl (C=O) groups is 1. The van der Waals surface area contributed by atoms with E-state index >= 15 is 0 Å². The molecule has 1 aromatic carbocycles. The third kappa shape index (κ3) is 4.00. The van der Waals surface area contributed by atoms with Crippen LogP contribution < -0.4 is 10.1 Å². The third-order valence-corrected chi connectivity index (χ3v) is 4.73. The van der Waals surface area contributed by atoms with E-state index in [9.17, 15) is 4.79 Å². The standard InChI is InChI=1S/C20H28N4O2/c1-5-10-26-19-8-6-17(7-9-19)16(4)21-20(25)23-12-18(13-23)24-15(3)11-14(2)22-24/h6-9,11,16,18H,5,10,12-13H2,1-4H3,(H,21,25)/t16-/m1/s1. The van der Waals surface area contributed by atoms with Crippen LogP contribution in [-0.2, 0) is 0 Å². The number of nitrogens with one attached hydrogen (secondary N) is 1. The highest BCUT2D eigenvalue weighted by Gasteiger charge is 2.33. The Bertz CT molecular complexity index is 748. The second-order valence-electron chi connectivity index (χ2n) is 7.02. The second kappa shape index (κ2) is 7.81. The highest BCUT2D eigenvalue weighted by Crippen LogP contribution is 2.24. The molecule has 1 aromatic heterocycles. The van der Waals surface area contributed by atoms with E-state index < -0.39 is 0 Å². The summed E-state index contributed by atoms with van der Waals surface area (Å²) < 4.78 is 7.62. The quantitative estimate of drug-likeness (QED) is 0.860. The number of aryl methyl sites for hydroxylation is 2. The molecule has 2 heterocycles. The zero-order chi connectivity index (χ0) is 18.7. The van der Waals surface area contributed by atoms with Gasteiger partial charge in [0.1, 0.15) is 5.75 Å². The summed E-state index contributed by atoms with van der Waals surface area (Å²) >= 11 is 0. The van der Waals surface area contributed by atoms with Crippen molar-refractivity contribution >= 4 is 6.03 Å². The van der Waals surface area contributed by atoms with Crippen molar-refractivity contribution in [1.29, 1.82) is 0 Å². The molecule has 140 valence electrons. The van der Waals surface area contributed by atoms with Crippen molar-refractivity contribution in [2.24, 2.45) is 0 Å². The van der Waals surface area contributed by atoms with Gasteiger partial charge < -0.3 is 15.0 Å². The van der Waals surface area contributed by atoms with Crippen molar-refractivity contribution in [2.75, 3.05) is 19.7 Å². The first-order valence-corrected chi connectivity index (χ1v) is 9.29. The highest BCUT2D eigenvalue weighted by molar-refractivity contribution is 5.75. The minimum atomic E-state index is -0.0459. The van der Waals surface area contributed by atoms with Gasteiger partial charge in [0.05, 0.1) is 24.4 Å². The van der Waals surface area contributed by atoms with E-state index in [-0.39, 0.29) is 18.1 Å². The molecule has 0 spiro atoms. The van der Waals surface area contributed by atoms with Crippen LogP contribution in [0.2, 0.25) is 0 Å². The summed E-state index contributed by atoms with van der Waals surface area (Å²) in [6, 6.07) is 10.2. The molecule has 2 aromatic rings. The Balaban J connectivity index is 1.50. The molecule has 6 heteroatoms. The van der Waals surface area contributed by atoms with Crippen molar-refractivity contribution in [3.8, 4) is 5.75 Å². The molecule has 1 saturated heterocycles. The van der Waals surface area contributed by atoms with E-state index in [4.69, 9.17) is 4.74 Å². The number of benzene rings is 1. The van der Waals surface area contributed by atoms with Crippen LogP contribution in [-0.4, -0.2) is 40.4 Å². The van der Waals surface area contributed by atoms with Gasteiger partial charge in [0, 0.05) is 18.8 Å². The maximum atomic E-state index is 12.4. The smallest absolute Gasteiger partial charge is 0.318 e.